The van der Waals surface area contributed by atoms with Gasteiger partial charge < -0.3 is 4.42 Å². The number of halogens is 2. The molecule has 0 spiro atoms. The van der Waals surface area contributed by atoms with E-state index in [0.29, 0.717) is 11.1 Å². The first kappa shape index (κ1) is 12.9. The summed E-state index contributed by atoms with van der Waals surface area (Å²) in [5.74, 6) is -0.655. The number of carbonyl (C=O) groups is 1. The van der Waals surface area contributed by atoms with E-state index in [1.165, 1.54) is 18.2 Å². The maximum atomic E-state index is 13.1. The predicted molar refractivity (Wildman–Crippen MR) is 75.8 cm³/mol. The molecular weight excluding hydrogens is 279 g/mol. The minimum atomic E-state index is -0.552. The van der Waals surface area contributed by atoms with Gasteiger partial charge in [0.25, 0.3) is 0 Å². The van der Waals surface area contributed by atoms with Crippen LogP contribution in [0.15, 0.2) is 46.9 Å². The Morgan fingerprint density at radius 3 is 2.70 bits per heavy atom. The third-order valence-corrected chi connectivity index (χ3v) is 3.37. The average molecular weight is 289 g/mol. The van der Waals surface area contributed by atoms with Crippen molar-refractivity contribution in [2.45, 2.75) is 6.92 Å². The molecule has 2 aromatic carbocycles. The molecule has 20 heavy (non-hydrogen) atoms. The SMILES string of the molecule is Cc1ccc2oc(C(=O)c3ccc(F)c(Cl)c3)cc2c1. The Morgan fingerprint density at radius 2 is 1.95 bits per heavy atom. The van der Waals surface area contributed by atoms with Crippen LogP contribution in [0.3, 0.4) is 0 Å². The number of aryl methyl sites for hydroxylation is 1. The Hall–Kier alpha value is -2.13. The van der Waals surface area contributed by atoms with Crippen LogP contribution >= 0.6 is 11.6 Å². The van der Waals surface area contributed by atoms with Crippen LogP contribution in [0, 0.1) is 12.7 Å². The predicted octanol–water partition coefficient (Wildman–Crippen LogP) is 4.76. The largest absolute Gasteiger partial charge is 0.453 e. The maximum Gasteiger partial charge on any atom is 0.228 e. The molecule has 3 aromatic rings. The van der Waals surface area contributed by atoms with E-state index in [4.69, 9.17) is 16.0 Å². The average Bonchev–Trinajstić information content (AvgIpc) is 2.84. The Kier molecular flexibility index (Phi) is 3.07. The molecule has 0 unspecified atom stereocenters. The van der Waals surface area contributed by atoms with Gasteiger partial charge in [0.15, 0.2) is 5.76 Å². The Labute approximate surface area is 119 Å². The molecule has 0 aliphatic rings. The number of carbonyl (C=O) groups excluding carboxylic acids is 1. The molecule has 2 nitrogen and oxygen atoms in total. The van der Waals surface area contributed by atoms with E-state index in [1.807, 2.05) is 25.1 Å². The van der Waals surface area contributed by atoms with Gasteiger partial charge in [0.05, 0.1) is 5.02 Å². The summed E-state index contributed by atoms with van der Waals surface area (Å²) in [6, 6.07) is 11.2. The van der Waals surface area contributed by atoms with Gasteiger partial charge in [0.2, 0.25) is 5.78 Å². The van der Waals surface area contributed by atoms with Crippen LogP contribution in [-0.2, 0) is 0 Å². The highest BCUT2D eigenvalue weighted by Gasteiger charge is 2.16. The lowest BCUT2D eigenvalue weighted by Crippen LogP contribution is -1.99. The monoisotopic (exact) mass is 288 g/mol. The molecule has 0 aliphatic heterocycles. The van der Waals surface area contributed by atoms with Crippen molar-refractivity contribution in [3.05, 3.63) is 70.2 Å². The Balaban J connectivity index is 2.05. The van der Waals surface area contributed by atoms with Crippen molar-refractivity contribution in [1.82, 2.24) is 0 Å². The van der Waals surface area contributed by atoms with Crippen molar-refractivity contribution >= 4 is 28.4 Å². The second kappa shape index (κ2) is 4.76. The van der Waals surface area contributed by atoms with Gasteiger partial charge in [-0.15, -0.1) is 0 Å². The van der Waals surface area contributed by atoms with Gasteiger partial charge in [-0.25, -0.2) is 4.39 Å². The van der Waals surface area contributed by atoms with Gasteiger partial charge >= 0.3 is 0 Å². The summed E-state index contributed by atoms with van der Waals surface area (Å²) in [5, 5.41) is 0.782. The fourth-order valence-corrected chi connectivity index (χ4v) is 2.23. The van der Waals surface area contributed by atoms with Gasteiger partial charge in [-0.3, -0.25) is 4.79 Å². The lowest BCUT2D eigenvalue weighted by atomic mass is 10.1. The fourth-order valence-electron chi connectivity index (χ4n) is 2.05. The number of hydrogen-bond acceptors (Lipinski definition) is 2. The fraction of sp³-hybridized carbons (Fsp3) is 0.0625. The number of furan rings is 1. The first-order valence-electron chi connectivity index (χ1n) is 6.04. The van der Waals surface area contributed by atoms with E-state index in [9.17, 15) is 9.18 Å². The van der Waals surface area contributed by atoms with Crippen LogP contribution in [-0.4, -0.2) is 5.78 Å². The third-order valence-electron chi connectivity index (χ3n) is 3.08. The minimum Gasteiger partial charge on any atom is -0.453 e. The summed E-state index contributed by atoms with van der Waals surface area (Å²) in [4.78, 5) is 12.3. The summed E-state index contributed by atoms with van der Waals surface area (Å²) >= 11 is 5.69. The number of fused-ring (bicyclic) bond motifs is 1. The van der Waals surface area contributed by atoms with E-state index in [-0.39, 0.29) is 16.6 Å². The number of rotatable bonds is 2. The van der Waals surface area contributed by atoms with Gasteiger partial charge in [-0.1, -0.05) is 23.2 Å². The molecule has 0 radical (unpaired) electrons. The topological polar surface area (TPSA) is 30.2 Å². The Morgan fingerprint density at radius 1 is 1.15 bits per heavy atom. The molecule has 0 N–H and O–H groups in total. The summed E-state index contributed by atoms with van der Waals surface area (Å²) in [6.07, 6.45) is 0. The molecule has 0 amide bonds. The highest BCUT2D eigenvalue weighted by Crippen LogP contribution is 2.24. The van der Waals surface area contributed by atoms with E-state index in [1.54, 1.807) is 6.07 Å². The van der Waals surface area contributed by atoms with Gasteiger partial charge in [-0.2, -0.15) is 0 Å². The molecule has 0 saturated heterocycles. The van der Waals surface area contributed by atoms with E-state index >= 15 is 0 Å². The second-order valence-electron chi connectivity index (χ2n) is 4.61. The first-order chi connectivity index (χ1) is 9.54. The zero-order valence-corrected chi connectivity index (χ0v) is 11.4. The second-order valence-corrected chi connectivity index (χ2v) is 5.02. The van der Waals surface area contributed by atoms with Gasteiger partial charge in [0, 0.05) is 10.9 Å². The maximum absolute atomic E-state index is 13.1. The van der Waals surface area contributed by atoms with Crippen molar-refractivity contribution in [2.24, 2.45) is 0 Å². The van der Waals surface area contributed by atoms with Crippen molar-refractivity contribution in [1.29, 1.82) is 0 Å². The molecule has 1 heterocycles. The zero-order valence-electron chi connectivity index (χ0n) is 10.6. The smallest absolute Gasteiger partial charge is 0.228 e. The standard InChI is InChI=1S/C16H10ClFO2/c1-9-2-5-14-11(6-9)8-15(20-14)16(19)10-3-4-13(18)12(17)7-10/h2-8H,1H3. The zero-order chi connectivity index (χ0) is 14.3. The van der Waals surface area contributed by atoms with Crippen molar-refractivity contribution in [2.75, 3.05) is 0 Å². The number of hydrogen-bond donors (Lipinski definition) is 0. The van der Waals surface area contributed by atoms with E-state index in [0.717, 1.165) is 10.9 Å². The highest BCUT2D eigenvalue weighted by molar-refractivity contribution is 6.31. The number of ketones is 1. The summed E-state index contributed by atoms with van der Waals surface area (Å²) in [7, 11) is 0. The molecule has 0 bridgehead atoms. The number of benzene rings is 2. The van der Waals surface area contributed by atoms with Crippen LogP contribution in [0.4, 0.5) is 4.39 Å². The van der Waals surface area contributed by atoms with Gasteiger partial charge in [0.1, 0.15) is 11.4 Å². The lowest BCUT2D eigenvalue weighted by Gasteiger charge is -1.99. The lowest BCUT2D eigenvalue weighted by molar-refractivity contribution is 0.101. The quantitative estimate of drug-likeness (QED) is 0.636. The summed E-state index contributed by atoms with van der Waals surface area (Å²) in [5.41, 5.74) is 2.03. The van der Waals surface area contributed by atoms with Crippen molar-refractivity contribution in [3.8, 4) is 0 Å². The first-order valence-corrected chi connectivity index (χ1v) is 6.42. The molecule has 3 rings (SSSR count). The highest BCUT2D eigenvalue weighted by atomic mass is 35.5. The van der Waals surface area contributed by atoms with Crippen LogP contribution in [0.5, 0.6) is 0 Å². The van der Waals surface area contributed by atoms with Crippen molar-refractivity contribution in [3.63, 3.8) is 0 Å². The summed E-state index contributed by atoms with van der Waals surface area (Å²) < 4.78 is 18.6. The normalized spacial score (nSPS) is 10.9. The summed E-state index contributed by atoms with van der Waals surface area (Å²) in [6.45, 7) is 1.97. The van der Waals surface area contributed by atoms with Crippen LogP contribution in [0.25, 0.3) is 11.0 Å². The molecule has 0 atom stereocenters. The molecule has 1 aromatic heterocycles. The molecule has 0 saturated carbocycles. The van der Waals surface area contributed by atoms with Gasteiger partial charge in [-0.05, 0) is 43.3 Å². The molecular formula is C16H10ClFO2. The van der Waals surface area contributed by atoms with Crippen molar-refractivity contribution < 1.29 is 13.6 Å². The van der Waals surface area contributed by atoms with Crippen LogP contribution in [0.2, 0.25) is 5.02 Å². The third kappa shape index (κ3) is 2.21. The molecule has 100 valence electrons. The van der Waals surface area contributed by atoms with Crippen LogP contribution in [0.1, 0.15) is 21.7 Å². The molecule has 0 aliphatic carbocycles. The molecule has 4 heteroatoms. The Bertz CT molecular complexity index is 820. The van der Waals surface area contributed by atoms with E-state index < -0.39 is 5.82 Å². The minimum absolute atomic E-state index is 0.0807. The molecule has 0 fully saturated rings. The van der Waals surface area contributed by atoms with Crippen LogP contribution < -0.4 is 0 Å². The van der Waals surface area contributed by atoms with E-state index in [2.05, 4.69) is 0 Å².